The smallest absolute Gasteiger partial charge is 0.420 e. The lowest BCUT2D eigenvalue weighted by Crippen LogP contribution is -2.50. The molecule has 2 aliphatic rings. The number of likely N-dealkylation sites (tertiary alicyclic amines) is 1. The van der Waals surface area contributed by atoms with Gasteiger partial charge in [0, 0.05) is 20.0 Å². The van der Waals surface area contributed by atoms with Crippen LogP contribution in [0.2, 0.25) is 0 Å². The molecule has 4 rings (SSSR count). The van der Waals surface area contributed by atoms with Crippen molar-refractivity contribution in [1.29, 1.82) is 0 Å². The Labute approximate surface area is 205 Å². The molecule has 0 radical (unpaired) electrons. The molecule has 36 heavy (non-hydrogen) atoms. The van der Waals surface area contributed by atoms with Gasteiger partial charge in [-0.3, -0.25) is 19.4 Å². The summed E-state index contributed by atoms with van der Waals surface area (Å²) < 4.78 is 50.4. The molecule has 1 aliphatic heterocycles. The van der Waals surface area contributed by atoms with E-state index in [2.05, 4.69) is 15.6 Å². The summed E-state index contributed by atoms with van der Waals surface area (Å²) in [7, 11) is 2.90. The van der Waals surface area contributed by atoms with Crippen molar-refractivity contribution in [2.75, 3.05) is 20.7 Å². The minimum Gasteiger partial charge on any atom is -0.497 e. The number of carbonyl (C=O) groups is 3. The first-order valence-electron chi connectivity index (χ1n) is 11.2. The highest BCUT2D eigenvalue weighted by atomic mass is 19.4. The van der Waals surface area contributed by atoms with Gasteiger partial charge in [0.1, 0.15) is 28.4 Å². The fourth-order valence-electron chi connectivity index (χ4n) is 3.90. The Balaban J connectivity index is 1.33. The maximum Gasteiger partial charge on any atom is 0.420 e. The third-order valence-electron chi connectivity index (χ3n) is 6.21. The van der Waals surface area contributed by atoms with Gasteiger partial charge in [0.25, 0.3) is 0 Å². The molecule has 0 spiro atoms. The number of amides is 3. The fourth-order valence-corrected chi connectivity index (χ4v) is 3.90. The van der Waals surface area contributed by atoms with Crippen molar-refractivity contribution in [3.8, 4) is 17.2 Å². The Morgan fingerprint density at radius 3 is 2.47 bits per heavy atom. The molecule has 12 heteroatoms. The molecule has 2 heterocycles. The zero-order valence-corrected chi connectivity index (χ0v) is 19.6. The number of hydrogen-bond acceptors (Lipinski definition) is 6. The van der Waals surface area contributed by atoms with Crippen LogP contribution in [-0.2, 0) is 27.1 Å². The van der Waals surface area contributed by atoms with Crippen molar-refractivity contribution in [3.63, 3.8) is 0 Å². The number of ether oxygens (including phenoxy) is 2. The first-order valence-corrected chi connectivity index (χ1v) is 11.2. The molecule has 1 saturated heterocycles. The summed E-state index contributed by atoms with van der Waals surface area (Å²) in [5, 5.41) is 5.51. The molecule has 1 aliphatic carbocycles. The van der Waals surface area contributed by atoms with Crippen molar-refractivity contribution in [3.05, 3.63) is 47.8 Å². The van der Waals surface area contributed by atoms with Crippen molar-refractivity contribution >= 4 is 17.7 Å². The number of alkyl halides is 3. The number of nitrogens with zero attached hydrogens (tertiary/aromatic N) is 2. The maximum atomic E-state index is 13.4. The number of halogens is 3. The van der Waals surface area contributed by atoms with Crippen LogP contribution in [0.1, 0.15) is 30.5 Å². The van der Waals surface area contributed by atoms with Gasteiger partial charge in [-0.2, -0.15) is 13.2 Å². The van der Waals surface area contributed by atoms with Gasteiger partial charge >= 0.3 is 6.18 Å². The van der Waals surface area contributed by atoms with Gasteiger partial charge in [0.15, 0.2) is 0 Å². The van der Waals surface area contributed by atoms with Gasteiger partial charge < -0.3 is 25.0 Å². The first kappa shape index (κ1) is 25.3. The highest BCUT2D eigenvalue weighted by molar-refractivity contribution is 5.96. The Morgan fingerprint density at radius 2 is 1.92 bits per heavy atom. The van der Waals surface area contributed by atoms with Crippen LogP contribution in [-0.4, -0.2) is 53.8 Å². The van der Waals surface area contributed by atoms with E-state index in [4.69, 9.17) is 9.47 Å². The largest absolute Gasteiger partial charge is 0.497 e. The number of nitrogens with one attached hydrogen (secondary N) is 2. The van der Waals surface area contributed by atoms with Crippen molar-refractivity contribution in [1.82, 2.24) is 20.5 Å². The molecule has 1 atom stereocenters. The van der Waals surface area contributed by atoms with Gasteiger partial charge in [0.2, 0.25) is 17.7 Å². The summed E-state index contributed by atoms with van der Waals surface area (Å²) in [6, 6.07) is 6.34. The second-order valence-electron chi connectivity index (χ2n) is 8.88. The fraction of sp³-hybridized carbons (Fsp3) is 0.417. The van der Waals surface area contributed by atoms with E-state index in [1.54, 1.807) is 7.05 Å². The Hall–Kier alpha value is -3.83. The molecule has 2 fully saturated rings. The van der Waals surface area contributed by atoms with Crippen molar-refractivity contribution in [2.24, 2.45) is 5.92 Å². The van der Waals surface area contributed by atoms with Crippen LogP contribution in [0, 0.1) is 5.92 Å². The monoisotopic (exact) mass is 506 g/mol. The summed E-state index contributed by atoms with van der Waals surface area (Å²) in [6.45, 7) is 0.374. The number of carbonyl (C=O) groups excluding carboxylic acids is 3. The lowest BCUT2D eigenvalue weighted by Gasteiger charge is -2.19. The number of pyridine rings is 1. The average Bonchev–Trinajstić information content (AvgIpc) is 3.54. The molecule has 1 aromatic carbocycles. The topological polar surface area (TPSA) is 110 Å². The van der Waals surface area contributed by atoms with Crippen LogP contribution in [0.25, 0.3) is 0 Å². The molecule has 1 aromatic heterocycles. The van der Waals surface area contributed by atoms with E-state index in [-0.39, 0.29) is 42.2 Å². The molecule has 192 valence electrons. The number of rotatable bonds is 8. The molecular formula is C24H25F3N4O5. The minimum atomic E-state index is -4.64. The van der Waals surface area contributed by atoms with Crippen LogP contribution in [0.4, 0.5) is 13.2 Å². The van der Waals surface area contributed by atoms with Crippen LogP contribution < -0.4 is 20.1 Å². The molecule has 1 saturated carbocycles. The predicted octanol–water partition coefficient (Wildman–Crippen LogP) is 2.64. The summed E-state index contributed by atoms with van der Waals surface area (Å²) >= 11 is 0. The molecule has 1 unspecified atom stereocenters. The summed E-state index contributed by atoms with van der Waals surface area (Å²) in [5.41, 5.74) is -1.53. The molecule has 9 nitrogen and oxygen atoms in total. The second-order valence-corrected chi connectivity index (χ2v) is 8.88. The van der Waals surface area contributed by atoms with E-state index >= 15 is 0 Å². The third-order valence-corrected chi connectivity index (χ3v) is 6.21. The van der Waals surface area contributed by atoms with Gasteiger partial charge in [-0.05, 0) is 43.2 Å². The third kappa shape index (κ3) is 5.52. The second kappa shape index (κ2) is 9.67. The maximum absolute atomic E-state index is 13.4. The summed E-state index contributed by atoms with van der Waals surface area (Å²) in [4.78, 5) is 42.5. The zero-order chi connectivity index (χ0) is 26.1. The SMILES string of the molecule is COc1ccc(Oc2ccc(CNC(=O)C3(NC(=O)C4CC(=O)N(C)C4)CC3)nc2)c(C(F)(F)F)c1. The number of hydrogen-bond donors (Lipinski definition) is 2. The van der Waals surface area contributed by atoms with Crippen molar-refractivity contribution < 1.29 is 37.0 Å². The van der Waals surface area contributed by atoms with Crippen molar-refractivity contribution in [2.45, 2.75) is 37.5 Å². The molecule has 3 amide bonds. The standard InChI is InChI=1S/C24H25F3N4O5/c1-31-13-14(9-20(31)32)21(33)30-23(7-8-23)22(34)29-11-15-3-4-17(12-28-15)36-19-6-5-16(35-2)10-18(19)24(25,26)27/h3-6,10,12,14H,7-9,11,13H2,1-2H3,(H,29,34)(H,30,33). The Morgan fingerprint density at radius 1 is 1.19 bits per heavy atom. The summed E-state index contributed by atoms with van der Waals surface area (Å²) in [5.74, 6) is -1.53. The average molecular weight is 506 g/mol. The summed E-state index contributed by atoms with van der Waals surface area (Å²) in [6.07, 6.45) is -2.28. The molecule has 2 N–H and O–H groups in total. The molecule has 2 aromatic rings. The molecular weight excluding hydrogens is 481 g/mol. The van der Waals surface area contributed by atoms with E-state index in [9.17, 15) is 27.6 Å². The highest BCUT2D eigenvalue weighted by Gasteiger charge is 2.52. The van der Waals surface area contributed by atoms with Gasteiger partial charge in [0.05, 0.1) is 31.5 Å². The van der Waals surface area contributed by atoms with Gasteiger partial charge in [-0.15, -0.1) is 0 Å². The van der Waals surface area contributed by atoms with E-state index < -0.39 is 28.9 Å². The van der Waals surface area contributed by atoms with E-state index in [1.807, 2.05) is 0 Å². The number of benzene rings is 1. The minimum absolute atomic E-state index is 0.0487. The Kier molecular flexibility index (Phi) is 6.79. The normalized spacial score (nSPS) is 18.5. The van der Waals surface area contributed by atoms with Crippen LogP contribution in [0.5, 0.6) is 17.2 Å². The quantitative estimate of drug-likeness (QED) is 0.570. The van der Waals surface area contributed by atoms with E-state index in [1.165, 1.54) is 42.5 Å². The zero-order valence-electron chi connectivity index (χ0n) is 19.6. The first-order chi connectivity index (χ1) is 17.0. The van der Waals surface area contributed by atoms with Crippen LogP contribution >= 0.6 is 0 Å². The van der Waals surface area contributed by atoms with Crippen LogP contribution in [0.15, 0.2) is 36.5 Å². The number of aromatic nitrogens is 1. The lowest BCUT2D eigenvalue weighted by atomic mass is 10.1. The highest BCUT2D eigenvalue weighted by Crippen LogP contribution is 2.40. The van der Waals surface area contributed by atoms with Gasteiger partial charge in [-0.1, -0.05) is 0 Å². The predicted molar refractivity (Wildman–Crippen MR) is 120 cm³/mol. The Bertz CT molecular complexity index is 1170. The van der Waals surface area contributed by atoms with E-state index in [0.717, 1.165) is 6.07 Å². The van der Waals surface area contributed by atoms with Crippen LogP contribution in [0.3, 0.4) is 0 Å². The number of methoxy groups -OCH3 is 1. The lowest BCUT2D eigenvalue weighted by molar-refractivity contribution is -0.138. The molecule has 0 bridgehead atoms. The van der Waals surface area contributed by atoms with Gasteiger partial charge in [-0.25, -0.2) is 0 Å². The van der Waals surface area contributed by atoms with E-state index in [0.29, 0.717) is 25.1 Å².